The van der Waals surface area contributed by atoms with Gasteiger partial charge in [0.2, 0.25) is 11.8 Å². The van der Waals surface area contributed by atoms with Gasteiger partial charge in [-0.15, -0.1) is 4.73 Å². The molecule has 0 radical (unpaired) electrons. The van der Waals surface area contributed by atoms with Gasteiger partial charge in [0.1, 0.15) is 6.04 Å². The average Bonchev–Trinajstić information content (AvgIpc) is 2.78. The van der Waals surface area contributed by atoms with Gasteiger partial charge < -0.3 is 25.1 Å². The summed E-state index contributed by atoms with van der Waals surface area (Å²) in [6, 6.07) is 1.39. The predicted molar refractivity (Wildman–Crippen MR) is 82.0 cm³/mol. The zero-order chi connectivity index (χ0) is 17.4. The molecule has 3 N–H and O–H groups in total. The molecule has 23 heavy (non-hydrogen) atoms. The molecule has 1 atom stereocenters. The normalized spacial score (nSPS) is 12.0. The van der Waals surface area contributed by atoms with Crippen LogP contribution in [0.3, 0.4) is 0 Å². The third-order valence-corrected chi connectivity index (χ3v) is 2.99. The Bertz CT molecular complexity index is 507. The van der Waals surface area contributed by atoms with E-state index in [1.807, 2.05) is 20.8 Å². The Morgan fingerprint density at radius 3 is 2.39 bits per heavy atom. The molecule has 0 aliphatic heterocycles. The second-order valence-electron chi connectivity index (χ2n) is 5.57. The molecule has 0 bridgehead atoms. The van der Waals surface area contributed by atoms with E-state index in [2.05, 4.69) is 5.32 Å². The number of hydrogen-bond donors (Lipinski definition) is 3. The smallest absolute Gasteiger partial charge is 0.407 e. The van der Waals surface area contributed by atoms with E-state index in [4.69, 9.17) is 9.57 Å². The third kappa shape index (κ3) is 6.09. The fourth-order valence-corrected chi connectivity index (χ4v) is 1.83. The van der Waals surface area contributed by atoms with Crippen molar-refractivity contribution in [2.75, 3.05) is 6.61 Å². The summed E-state index contributed by atoms with van der Waals surface area (Å²) in [5.41, 5.74) is 0. The molecule has 8 heteroatoms. The SMILES string of the molecule is CCCCOC(=O)N[C@@H](CC(C)C)C(=O)On1c(O)ccc1O. The zero-order valence-electron chi connectivity index (χ0n) is 13.6. The Kier molecular flexibility index (Phi) is 7.24. The highest BCUT2D eigenvalue weighted by molar-refractivity contribution is 5.81. The minimum absolute atomic E-state index is 0.107. The number of nitrogens with one attached hydrogen (secondary N) is 1. The minimum atomic E-state index is -0.953. The van der Waals surface area contributed by atoms with E-state index in [0.29, 0.717) is 11.2 Å². The highest BCUT2D eigenvalue weighted by Crippen LogP contribution is 2.19. The molecule has 0 aromatic carbocycles. The molecule has 0 fully saturated rings. The van der Waals surface area contributed by atoms with Gasteiger partial charge in [0.25, 0.3) is 0 Å². The molecule has 1 rings (SSSR count). The number of nitrogens with zero attached hydrogens (tertiary/aromatic N) is 1. The van der Waals surface area contributed by atoms with Gasteiger partial charge in [-0.1, -0.05) is 27.2 Å². The number of rotatable bonds is 8. The molecular formula is C15H24N2O6. The first-order chi connectivity index (χ1) is 10.8. The van der Waals surface area contributed by atoms with Crippen LogP contribution in [-0.2, 0) is 9.53 Å². The maximum atomic E-state index is 12.2. The van der Waals surface area contributed by atoms with E-state index in [1.54, 1.807) is 0 Å². The molecule has 1 heterocycles. The first-order valence-corrected chi connectivity index (χ1v) is 7.60. The Morgan fingerprint density at radius 2 is 1.87 bits per heavy atom. The summed E-state index contributed by atoms with van der Waals surface area (Å²) in [5, 5.41) is 21.4. The number of ether oxygens (including phenoxy) is 1. The van der Waals surface area contributed by atoms with Crippen LogP contribution in [0.2, 0.25) is 0 Å². The standard InChI is InChI=1S/C15H24N2O6/c1-4-5-8-22-15(21)16-11(9-10(2)3)14(20)23-17-12(18)6-7-13(17)19/h6-7,10-11,18-19H,4-5,8-9H2,1-3H3,(H,16,21)/t11-/m0/s1. The maximum absolute atomic E-state index is 12.2. The van der Waals surface area contributed by atoms with Crippen molar-refractivity contribution in [3.8, 4) is 11.8 Å². The Hall–Kier alpha value is -2.38. The Morgan fingerprint density at radius 1 is 1.26 bits per heavy atom. The molecule has 1 aromatic heterocycles. The number of aromatic nitrogens is 1. The summed E-state index contributed by atoms with van der Waals surface area (Å²) in [7, 11) is 0. The van der Waals surface area contributed by atoms with Gasteiger partial charge >= 0.3 is 12.1 Å². The fraction of sp³-hybridized carbons (Fsp3) is 0.600. The van der Waals surface area contributed by atoms with E-state index < -0.39 is 29.9 Å². The molecule has 0 saturated heterocycles. The maximum Gasteiger partial charge on any atom is 0.407 e. The van der Waals surface area contributed by atoms with Crippen LogP contribution in [0.15, 0.2) is 12.1 Å². The van der Waals surface area contributed by atoms with Gasteiger partial charge in [0, 0.05) is 12.1 Å². The molecule has 1 aromatic rings. The van der Waals surface area contributed by atoms with Crippen LogP contribution in [0.4, 0.5) is 4.79 Å². The summed E-state index contributed by atoms with van der Waals surface area (Å²) in [5.74, 6) is -1.56. The van der Waals surface area contributed by atoms with Crippen LogP contribution in [0.25, 0.3) is 0 Å². The number of unbranched alkanes of at least 4 members (excludes halogenated alkanes) is 1. The summed E-state index contributed by atoms with van der Waals surface area (Å²) in [6.45, 7) is 6.01. The van der Waals surface area contributed by atoms with Crippen molar-refractivity contribution in [2.24, 2.45) is 5.92 Å². The molecule has 8 nitrogen and oxygen atoms in total. The van der Waals surface area contributed by atoms with Crippen molar-refractivity contribution in [2.45, 2.75) is 46.1 Å². The molecular weight excluding hydrogens is 304 g/mol. The quantitative estimate of drug-likeness (QED) is 0.628. The van der Waals surface area contributed by atoms with Gasteiger partial charge in [-0.25, -0.2) is 9.59 Å². The zero-order valence-corrected chi connectivity index (χ0v) is 13.6. The van der Waals surface area contributed by atoms with E-state index in [9.17, 15) is 19.8 Å². The van der Waals surface area contributed by atoms with Gasteiger partial charge in [0.05, 0.1) is 6.61 Å². The van der Waals surface area contributed by atoms with Crippen LogP contribution in [0.1, 0.15) is 40.0 Å². The molecule has 0 unspecified atom stereocenters. The second-order valence-corrected chi connectivity index (χ2v) is 5.57. The molecule has 0 spiro atoms. The van der Waals surface area contributed by atoms with Crippen LogP contribution in [-0.4, -0.2) is 39.7 Å². The fourth-order valence-electron chi connectivity index (χ4n) is 1.83. The van der Waals surface area contributed by atoms with E-state index in [1.165, 1.54) is 12.1 Å². The van der Waals surface area contributed by atoms with Crippen molar-refractivity contribution in [3.05, 3.63) is 12.1 Å². The van der Waals surface area contributed by atoms with Crippen molar-refractivity contribution in [1.29, 1.82) is 0 Å². The monoisotopic (exact) mass is 328 g/mol. The van der Waals surface area contributed by atoms with Crippen LogP contribution in [0.5, 0.6) is 11.8 Å². The lowest BCUT2D eigenvalue weighted by Crippen LogP contribution is -2.45. The van der Waals surface area contributed by atoms with Crippen molar-refractivity contribution < 1.29 is 29.4 Å². The molecule has 0 aliphatic rings. The van der Waals surface area contributed by atoms with E-state index in [-0.39, 0.29) is 12.5 Å². The number of amides is 1. The lowest BCUT2D eigenvalue weighted by Gasteiger charge is -2.19. The van der Waals surface area contributed by atoms with Gasteiger partial charge in [0.15, 0.2) is 0 Å². The van der Waals surface area contributed by atoms with Crippen molar-refractivity contribution >= 4 is 12.1 Å². The number of hydrogen-bond acceptors (Lipinski definition) is 6. The number of carbonyl (C=O) groups is 2. The Labute approximate surface area is 135 Å². The van der Waals surface area contributed by atoms with Gasteiger partial charge in [-0.2, -0.15) is 0 Å². The predicted octanol–water partition coefficient (Wildman–Crippen LogP) is 1.80. The highest BCUT2D eigenvalue weighted by atomic mass is 16.7. The van der Waals surface area contributed by atoms with Gasteiger partial charge in [-0.05, 0) is 18.8 Å². The van der Waals surface area contributed by atoms with Crippen LogP contribution < -0.4 is 10.2 Å². The summed E-state index contributed by atoms with van der Waals surface area (Å²) in [6.07, 6.45) is 1.24. The lowest BCUT2D eigenvalue weighted by molar-refractivity contribution is -0.148. The van der Waals surface area contributed by atoms with Crippen molar-refractivity contribution in [3.63, 3.8) is 0 Å². The summed E-state index contributed by atoms with van der Waals surface area (Å²) >= 11 is 0. The molecule has 1 amide bonds. The average molecular weight is 328 g/mol. The molecule has 130 valence electrons. The minimum Gasteiger partial charge on any atom is -0.492 e. The van der Waals surface area contributed by atoms with Crippen LogP contribution in [0, 0.1) is 5.92 Å². The first kappa shape index (κ1) is 18.7. The number of alkyl carbamates (subject to hydrolysis) is 1. The summed E-state index contributed by atoms with van der Waals surface area (Å²) < 4.78 is 5.55. The first-order valence-electron chi connectivity index (χ1n) is 7.60. The van der Waals surface area contributed by atoms with E-state index in [0.717, 1.165) is 12.8 Å². The topological polar surface area (TPSA) is 110 Å². The van der Waals surface area contributed by atoms with E-state index >= 15 is 0 Å². The Balaban J connectivity index is 2.69. The van der Waals surface area contributed by atoms with Crippen molar-refractivity contribution in [1.82, 2.24) is 10.0 Å². The van der Waals surface area contributed by atoms with Crippen LogP contribution >= 0.6 is 0 Å². The highest BCUT2D eigenvalue weighted by Gasteiger charge is 2.26. The molecule has 0 saturated carbocycles. The number of carbonyl (C=O) groups excluding carboxylic acids is 2. The van der Waals surface area contributed by atoms with Gasteiger partial charge in [-0.3, -0.25) is 0 Å². The summed E-state index contributed by atoms with van der Waals surface area (Å²) in [4.78, 5) is 28.8. The number of aromatic hydroxyl groups is 2. The second kappa shape index (κ2) is 8.92. The third-order valence-electron chi connectivity index (χ3n) is 2.99. The molecule has 0 aliphatic carbocycles. The lowest BCUT2D eigenvalue weighted by atomic mass is 10.0. The largest absolute Gasteiger partial charge is 0.492 e.